The first kappa shape index (κ1) is 14.9. The number of rotatable bonds is 5. The van der Waals surface area contributed by atoms with Gasteiger partial charge in [0, 0.05) is 17.7 Å². The standard InChI is InChI=1S/C14H11F2NO4/c15-9-5-6-12(17(19)20)14(7-9)21-8-13(18)10-3-1-2-4-11(10)16/h1-7,13,18H,8H2. The molecule has 1 atom stereocenters. The molecule has 0 aliphatic carbocycles. The normalized spacial score (nSPS) is 12.0. The molecule has 0 aromatic heterocycles. The summed E-state index contributed by atoms with van der Waals surface area (Å²) < 4.78 is 31.6. The van der Waals surface area contributed by atoms with E-state index in [2.05, 4.69) is 0 Å². The van der Waals surface area contributed by atoms with Gasteiger partial charge in [-0.3, -0.25) is 10.1 Å². The Morgan fingerprint density at radius 1 is 1.24 bits per heavy atom. The highest BCUT2D eigenvalue weighted by Crippen LogP contribution is 2.28. The van der Waals surface area contributed by atoms with Gasteiger partial charge in [0.1, 0.15) is 24.3 Å². The largest absolute Gasteiger partial charge is 0.484 e. The zero-order chi connectivity index (χ0) is 15.4. The van der Waals surface area contributed by atoms with Crippen LogP contribution in [0.4, 0.5) is 14.5 Å². The van der Waals surface area contributed by atoms with E-state index < -0.39 is 35.0 Å². The molecule has 0 spiro atoms. The van der Waals surface area contributed by atoms with E-state index in [0.29, 0.717) is 0 Å². The number of aliphatic hydroxyl groups is 1. The first-order valence-electron chi connectivity index (χ1n) is 5.98. The van der Waals surface area contributed by atoms with E-state index in [4.69, 9.17) is 4.74 Å². The maximum atomic E-state index is 13.5. The van der Waals surface area contributed by atoms with E-state index in [1.807, 2.05) is 0 Å². The molecule has 0 saturated carbocycles. The molecule has 2 aromatic carbocycles. The quantitative estimate of drug-likeness (QED) is 0.680. The van der Waals surface area contributed by atoms with Gasteiger partial charge in [-0.15, -0.1) is 0 Å². The molecule has 0 aliphatic rings. The summed E-state index contributed by atoms with van der Waals surface area (Å²) >= 11 is 0. The molecule has 2 aromatic rings. The fourth-order valence-electron chi connectivity index (χ4n) is 1.76. The highest BCUT2D eigenvalue weighted by atomic mass is 19.1. The second-order valence-corrected chi connectivity index (χ2v) is 4.22. The lowest BCUT2D eigenvalue weighted by atomic mass is 10.1. The van der Waals surface area contributed by atoms with Crippen LogP contribution in [0.15, 0.2) is 42.5 Å². The van der Waals surface area contributed by atoms with Gasteiger partial charge in [-0.05, 0) is 12.1 Å². The summed E-state index contributed by atoms with van der Waals surface area (Å²) in [6.45, 7) is -0.439. The number of halogens is 2. The van der Waals surface area contributed by atoms with Crippen LogP contribution in [0.5, 0.6) is 5.75 Å². The molecule has 0 heterocycles. The van der Waals surface area contributed by atoms with E-state index >= 15 is 0 Å². The molecule has 0 aliphatic heterocycles. The van der Waals surface area contributed by atoms with Gasteiger partial charge in [-0.1, -0.05) is 18.2 Å². The molecular weight excluding hydrogens is 284 g/mol. The SMILES string of the molecule is O=[N+]([O-])c1ccc(F)cc1OCC(O)c1ccccc1F. The molecule has 1 N–H and O–H groups in total. The average molecular weight is 295 g/mol. The number of hydrogen-bond acceptors (Lipinski definition) is 4. The third-order valence-corrected chi connectivity index (χ3v) is 2.78. The van der Waals surface area contributed by atoms with Crippen molar-refractivity contribution in [2.45, 2.75) is 6.10 Å². The average Bonchev–Trinajstić information content (AvgIpc) is 2.45. The monoisotopic (exact) mass is 295 g/mol. The Morgan fingerprint density at radius 2 is 1.95 bits per heavy atom. The highest BCUT2D eigenvalue weighted by Gasteiger charge is 2.19. The molecule has 0 amide bonds. The molecule has 2 rings (SSSR count). The molecule has 21 heavy (non-hydrogen) atoms. The zero-order valence-corrected chi connectivity index (χ0v) is 10.7. The minimum atomic E-state index is -1.32. The van der Waals surface area contributed by atoms with Crippen molar-refractivity contribution in [3.63, 3.8) is 0 Å². The van der Waals surface area contributed by atoms with E-state index in [9.17, 15) is 24.0 Å². The number of ether oxygens (including phenoxy) is 1. The van der Waals surface area contributed by atoms with Crippen LogP contribution >= 0.6 is 0 Å². The van der Waals surface area contributed by atoms with Gasteiger partial charge < -0.3 is 9.84 Å². The Kier molecular flexibility index (Phi) is 4.44. The molecule has 0 fully saturated rings. The maximum Gasteiger partial charge on any atom is 0.311 e. The fraction of sp³-hybridized carbons (Fsp3) is 0.143. The lowest BCUT2D eigenvalue weighted by Crippen LogP contribution is -2.12. The summed E-state index contributed by atoms with van der Waals surface area (Å²) in [6, 6.07) is 8.26. The van der Waals surface area contributed by atoms with Crippen molar-refractivity contribution >= 4 is 5.69 Å². The Morgan fingerprint density at radius 3 is 2.62 bits per heavy atom. The van der Waals surface area contributed by atoms with Gasteiger partial charge in [0.15, 0.2) is 5.75 Å². The Hall–Kier alpha value is -2.54. The number of aliphatic hydroxyl groups excluding tert-OH is 1. The molecular formula is C14H11F2NO4. The predicted molar refractivity (Wildman–Crippen MR) is 69.9 cm³/mol. The third kappa shape index (κ3) is 3.51. The van der Waals surface area contributed by atoms with Crippen molar-refractivity contribution < 1.29 is 23.5 Å². The van der Waals surface area contributed by atoms with Gasteiger partial charge in [0.2, 0.25) is 0 Å². The number of benzene rings is 2. The van der Waals surface area contributed by atoms with Crippen LogP contribution < -0.4 is 4.74 Å². The van der Waals surface area contributed by atoms with Crippen LogP contribution in [-0.4, -0.2) is 16.6 Å². The molecule has 0 saturated heterocycles. The summed E-state index contributed by atoms with van der Waals surface area (Å²) in [5.74, 6) is -1.66. The van der Waals surface area contributed by atoms with E-state index in [1.165, 1.54) is 24.3 Å². The van der Waals surface area contributed by atoms with Crippen molar-refractivity contribution in [2.24, 2.45) is 0 Å². The van der Waals surface area contributed by atoms with Crippen LogP contribution in [0, 0.1) is 21.7 Å². The van der Waals surface area contributed by atoms with Gasteiger partial charge in [0.05, 0.1) is 4.92 Å². The van der Waals surface area contributed by atoms with E-state index in [-0.39, 0.29) is 11.3 Å². The van der Waals surface area contributed by atoms with Crippen LogP contribution in [0.25, 0.3) is 0 Å². The first-order chi connectivity index (χ1) is 9.99. The Bertz CT molecular complexity index is 663. The van der Waals surface area contributed by atoms with Crippen LogP contribution in [0.3, 0.4) is 0 Å². The second kappa shape index (κ2) is 6.27. The number of nitrogens with zero attached hydrogens (tertiary/aromatic N) is 1. The zero-order valence-electron chi connectivity index (χ0n) is 10.7. The molecule has 5 nitrogen and oxygen atoms in total. The van der Waals surface area contributed by atoms with Gasteiger partial charge in [-0.2, -0.15) is 0 Å². The predicted octanol–water partition coefficient (Wildman–Crippen LogP) is 2.99. The van der Waals surface area contributed by atoms with Gasteiger partial charge in [0.25, 0.3) is 0 Å². The van der Waals surface area contributed by atoms with Crippen LogP contribution in [-0.2, 0) is 0 Å². The van der Waals surface area contributed by atoms with Crippen LogP contribution in [0.1, 0.15) is 11.7 Å². The summed E-state index contributed by atoms with van der Waals surface area (Å²) in [7, 11) is 0. The second-order valence-electron chi connectivity index (χ2n) is 4.22. The summed E-state index contributed by atoms with van der Waals surface area (Å²) in [4.78, 5) is 10.1. The molecule has 1 unspecified atom stereocenters. The van der Waals surface area contributed by atoms with Crippen molar-refractivity contribution in [2.75, 3.05) is 6.61 Å². The molecule has 110 valence electrons. The number of nitro benzene ring substituents is 1. The summed E-state index contributed by atoms with van der Waals surface area (Å²) in [5, 5.41) is 20.6. The molecule has 0 radical (unpaired) electrons. The Labute approximate surface area is 118 Å². The van der Waals surface area contributed by atoms with Crippen molar-refractivity contribution in [1.82, 2.24) is 0 Å². The summed E-state index contributed by atoms with van der Waals surface area (Å²) in [6.07, 6.45) is -1.32. The van der Waals surface area contributed by atoms with Gasteiger partial charge >= 0.3 is 5.69 Å². The number of hydrogen-bond donors (Lipinski definition) is 1. The maximum absolute atomic E-state index is 13.5. The number of nitro groups is 1. The van der Waals surface area contributed by atoms with Crippen molar-refractivity contribution in [3.8, 4) is 5.75 Å². The van der Waals surface area contributed by atoms with E-state index in [0.717, 1.165) is 18.2 Å². The topological polar surface area (TPSA) is 72.6 Å². The van der Waals surface area contributed by atoms with E-state index in [1.54, 1.807) is 0 Å². The first-order valence-corrected chi connectivity index (χ1v) is 5.98. The van der Waals surface area contributed by atoms with Crippen molar-refractivity contribution in [1.29, 1.82) is 0 Å². The minimum Gasteiger partial charge on any atom is -0.484 e. The minimum absolute atomic E-state index is 0.00319. The fourth-order valence-corrected chi connectivity index (χ4v) is 1.76. The summed E-state index contributed by atoms with van der Waals surface area (Å²) in [5.41, 5.74) is -0.436. The highest BCUT2D eigenvalue weighted by molar-refractivity contribution is 5.46. The smallest absolute Gasteiger partial charge is 0.311 e. The lowest BCUT2D eigenvalue weighted by molar-refractivity contribution is -0.386. The van der Waals surface area contributed by atoms with Gasteiger partial charge in [-0.25, -0.2) is 8.78 Å². The van der Waals surface area contributed by atoms with Crippen molar-refractivity contribution in [3.05, 3.63) is 69.8 Å². The van der Waals surface area contributed by atoms with Crippen LogP contribution in [0.2, 0.25) is 0 Å². The third-order valence-electron chi connectivity index (χ3n) is 2.78. The molecule has 7 heteroatoms. The Balaban J connectivity index is 2.15. The lowest BCUT2D eigenvalue weighted by Gasteiger charge is -2.13. The molecule has 0 bridgehead atoms.